The van der Waals surface area contributed by atoms with Gasteiger partial charge in [0.1, 0.15) is 5.76 Å². The molecule has 0 aromatic carbocycles. The standard InChI is InChI=1S/C12H18BrNO2/c1-8(11-5-6-12(13)16-11)14-9-3-4-10(7-9)15-2/h5-6,8-10,14H,3-4,7H2,1-2H3. The van der Waals surface area contributed by atoms with Gasteiger partial charge in [-0.2, -0.15) is 0 Å². The zero-order valence-electron chi connectivity index (χ0n) is 9.70. The Kier molecular flexibility index (Phi) is 4.05. The molecule has 2 rings (SSSR count). The van der Waals surface area contributed by atoms with Crippen LogP contribution in [0.3, 0.4) is 0 Å². The molecule has 1 saturated carbocycles. The van der Waals surface area contributed by atoms with Crippen LogP contribution in [0.4, 0.5) is 0 Å². The Morgan fingerprint density at radius 3 is 2.88 bits per heavy atom. The Morgan fingerprint density at radius 2 is 2.31 bits per heavy atom. The summed E-state index contributed by atoms with van der Waals surface area (Å²) in [5.74, 6) is 0.979. The monoisotopic (exact) mass is 287 g/mol. The van der Waals surface area contributed by atoms with Crippen LogP contribution >= 0.6 is 15.9 Å². The summed E-state index contributed by atoms with van der Waals surface area (Å²) in [6, 6.07) is 4.74. The van der Waals surface area contributed by atoms with Gasteiger partial charge in [0.05, 0.1) is 12.1 Å². The maximum atomic E-state index is 5.53. The van der Waals surface area contributed by atoms with Crippen LogP contribution < -0.4 is 5.32 Å². The molecule has 4 heteroatoms. The average Bonchev–Trinajstić information content (AvgIpc) is 2.87. The van der Waals surface area contributed by atoms with Gasteiger partial charge in [-0.05, 0) is 54.2 Å². The van der Waals surface area contributed by atoms with Crippen molar-refractivity contribution in [2.24, 2.45) is 0 Å². The Labute approximate surface area is 105 Å². The number of hydrogen-bond donors (Lipinski definition) is 1. The third-order valence-corrected chi connectivity index (χ3v) is 3.65. The van der Waals surface area contributed by atoms with Crippen molar-refractivity contribution in [2.75, 3.05) is 7.11 Å². The zero-order valence-corrected chi connectivity index (χ0v) is 11.3. The summed E-state index contributed by atoms with van der Waals surface area (Å²) in [7, 11) is 1.79. The smallest absolute Gasteiger partial charge is 0.169 e. The largest absolute Gasteiger partial charge is 0.453 e. The molecule has 3 nitrogen and oxygen atoms in total. The number of rotatable bonds is 4. The topological polar surface area (TPSA) is 34.4 Å². The molecule has 1 aromatic rings. The highest BCUT2D eigenvalue weighted by Gasteiger charge is 2.26. The Morgan fingerprint density at radius 1 is 1.50 bits per heavy atom. The first kappa shape index (κ1) is 12.1. The van der Waals surface area contributed by atoms with Crippen LogP contribution in [0.1, 0.15) is 38.0 Å². The van der Waals surface area contributed by atoms with Gasteiger partial charge in [0.25, 0.3) is 0 Å². The minimum Gasteiger partial charge on any atom is -0.453 e. The number of hydrogen-bond acceptors (Lipinski definition) is 3. The van der Waals surface area contributed by atoms with Crippen molar-refractivity contribution in [1.29, 1.82) is 0 Å². The maximum absolute atomic E-state index is 5.53. The van der Waals surface area contributed by atoms with Gasteiger partial charge in [-0.1, -0.05) is 0 Å². The van der Waals surface area contributed by atoms with Gasteiger partial charge in [-0.25, -0.2) is 0 Å². The van der Waals surface area contributed by atoms with E-state index in [0.29, 0.717) is 12.1 Å². The molecular formula is C12H18BrNO2. The van der Waals surface area contributed by atoms with E-state index in [0.717, 1.165) is 23.3 Å². The fourth-order valence-electron chi connectivity index (χ4n) is 2.30. The molecule has 1 heterocycles. The van der Waals surface area contributed by atoms with Crippen LogP contribution in [0.15, 0.2) is 21.2 Å². The van der Waals surface area contributed by atoms with Crippen LogP contribution in [0.5, 0.6) is 0 Å². The van der Waals surface area contributed by atoms with E-state index in [9.17, 15) is 0 Å². The summed E-state index contributed by atoms with van der Waals surface area (Å²) in [6.07, 6.45) is 3.86. The molecule has 1 N–H and O–H groups in total. The minimum atomic E-state index is 0.256. The minimum absolute atomic E-state index is 0.256. The van der Waals surface area contributed by atoms with Gasteiger partial charge in [-0.3, -0.25) is 0 Å². The van der Waals surface area contributed by atoms with E-state index in [2.05, 4.69) is 28.2 Å². The lowest BCUT2D eigenvalue weighted by Crippen LogP contribution is -2.29. The first-order valence-electron chi connectivity index (χ1n) is 5.73. The normalized spacial score (nSPS) is 27.2. The first-order valence-corrected chi connectivity index (χ1v) is 6.52. The van der Waals surface area contributed by atoms with E-state index in [1.54, 1.807) is 7.11 Å². The van der Waals surface area contributed by atoms with Gasteiger partial charge >= 0.3 is 0 Å². The summed E-state index contributed by atoms with van der Waals surface area (Å²) < 4.78 is 11.7. The summed E-state index contributed by atoms with van der Waals surface area (Å²) in [5.41, 5.74) is 0. The van der Waals surface area contributed by atoms with Crippen LogP contribution in [-0.4, -0.2) is 19.3 Å². The van der Waals surface area contributed by atoms with Gasteiger partial charge in [0, 0.05) is 13.2 Å². The second-order valence-corrected chi connectivity index (χ2v) is 5.18. The molecule has 1 aliphatic carbocycles. The number of nitrogens with one attached hydrogen (secondary N) is 1. The molecule has 0 radical (unpaired) electrons. The van der Waals surface area contributed by atoms with Gasteiger partial charge in [-0.15, -0.1) is 0 Å². The molecular weight excluding hydrogens is 270 g/mol. The summed E-state index contributed by atoms with van der Waals surface area (Å²) in [5, 5.41) is 3.58. The third kappa shape index (κ3) is 2.87. The van der Waals surface area contributed by atoms with Crippen molar-refractivity contribution in [1.82, 2.24) is 5.32 Å². The molecule has 3 atom stereocenters. The predicted octanol–water partition coefficient (Wildman–Crippen LogP) is 3.26. The molecule has 0 aliphatic heterocycles. The molecule has 0 amide bonds. The Hall–Kier alpha value is -0.320. The molecule has 0 bridgehead atoms. The van der Waals surface area contributed by atoms with Gasteiger partial charge < -0.3 is 14.5 Å². The van der Waals surface area contributed by atoms with Gasteiger partial charge in [0.2, 0.25) is 0 Å². The molecule has 1 fully saturated rings. The second-order valence-electron chi connectivity index (χ2n) is 4.40. The second kappa shape index (κ2) is 5.34. The number of ether oxygens (including phenoxy) is 1. The molecule has 1 aromatic heterocycles. The maximum Gasteiger partial charge on any atom is 0.169 e. The van der Waals surface area contributed by atoms with E-state index < -0.39 is 0 Å². The molecule has 0 saturated heterocycles. The van der Waals surface area contributed by atoms with Crippen molar-refractivity contribution >= 4 is 15.9 Å². The van der Waals surface area contributed by atoms with Crippen LogP contribution in [-0.2, 0) is 4.74 Å². The summed E-state index contributed by atoms with van der Waals surface area (Å²) in [6.45, 7) is 2.13. The van der Waals surface area contributed by atoms with Crippen LogP contribution in [0, 0.1) is 0 Å². The molecule has 3 unspecified atom stereocenters. The lowest BCUT2D eigenvalue weighted by atomic mass is 10.2. The number of furan rings is 1. The molecule has 90 valence electrons. The lowest BCUT2D eigenvalue weighted by Gasteiger charge is -2.17. The van der Waals surface area contributed by atoms with E-state index >= 15 is 0 Å². The van der Waals surface area contributed by atoms with E-state index in [1.807, 2.05) is 12.1 Å². The highest BCUT2D eigenvalue weighted by atomic mass is 79.9. The van der Waals surface area contributed by atoms with E-state index in [-0.39, 0.29) is 6.04 Å². The predicted molar refractivity (Wildman–Crippen MR) is 66.4 cm³/mol. The van der Waals surface area contributed by atoms with E-state index in [1.165, 1.54) is 6.42 Å². The van der Waals surface area contributed by atoms with E-state index in [4.69, 9.17) is 9.15 Å². The highest BCUT2D eigenvalue weighted by molar-refractivity contribution is 9.10. The van der Waals surface area contributed by atoms with Crippen molar-refractivity contribution < 1.29 is 9.15 Å². The van der Waals surface area contributed by atoms with Crippen molar-refractivity contribution in [3.63, 3.8) is 0 Å². The fraction of sp³-hybridized carbons (Fsp3) is 0.667. The molecule has 16 heavy (non-hydrogen) atoms. The SMILES string of the molecule is COC1CCC(NC(C)c2ccc(Br)o2)C1. The molecule has 0 spiro atoms. The van der Waals surface area contributed by atoms with Crippen LogP contribution in [0.2, 0.25) is 0 Å². The van der Waals surface area contributed by atoms with Crippen molar-refractivity contribution in [2.45, 2.75) is 44.4 Å². The Balaban J connectivity index is 1.86. The lowest BCUT2D eigenvalue weighted by molar-refractivity contribution is 0.106. The summed E-state index contributed by atoms with van der Waals surface area (Å²) in [4.78, 5) is 0. The summed E-state index contributed by atoms with van der Waals surface area (Å²) >= 11 is 3.32. The van der Waals surface area contributed by atoms with Gasteiger partial charge in [0.15, 0.2) is 4.67 Å². The van der Waals surface area contributed by atoms with Crippen LogP contribution in [0.25, 0.3) is 0 Å². The average molecular weight is 288 g/mol. The zero-order chi connectivity index (χ0) is 11.5. The quantitative estimate of drug-likeness (QED) is 0.923. The number of methoxy groups -OCH3 is 1. The highest BCUT2D eigenvalue weighted by Crippen LogP contribution is 2.26. The fourth-order valence-corrected chi connectivity index (χ4v) is 2.62. The molecule has 1 aliphatic rings. The van der Waals surface area contributed by atoms with Crippen molar-refractivity contribution in [3.8, 4) is 0 Å². The Bertz CT molecular complexity index is 340. The third-order valence-electron chi connectivity index (χ3n) is 3.22. The van der Waals surface area contributed by atoms with Crippen molar-refractivity contribution in [3.05, 3.63) is 22.6 Å². The number of halogens is 1. The first-order chi connectivity index (χ1) is 7.69.